The minimum atomic E-state index is -0.394. The number of fused-ring (bicyclic) bond motifs is 2. The minimum Gasteiger partial charge on any atom is -0.493 e. The predicted octanol–water partition coefficient (Wildman–Crippen LogP) is 4.97. The lowest BCUT2D eigenvalue weighted by Crippen LogP contribution is -2.24. The highest BCUT2D eigenvalue weighted by atomic mass is 19.1. The highest BCUT2D eigenvalue weighted by Crippen LogP contribution is 2.34. The predicted molar refractivity (Wildman–Crippen MR) is 124 cm³/mol. The van der Waals surface area contributed by atoms with Gasteiger partial charge in [-0.3, -0.25) is 14.5 Å². The molecule has 0 N–H and O–H groups in total. The number of hydrogen-bond acceptors (Lipinski definition) is 4. The topological polar surface area (TPSA) is 60.2 Å². The molecule has 2 aromatic heterocycles. The van der Waals surface area contributed by atoms with Gasteiger partial charge in [-0.05, 0) is 53.4 Å². The summed E-state index contributed by atoms with van der Waals surface area (Å²) in [5.74, 6) is 0.201. The third-order valence-corrected chi connectivity index (χ3v) is 5.78. The van der Waals surface area contributed by atoms with Crippen molar-refractivity contribution in [2.45, 2.75) is 26.9 Å². The Labute approximate surface area is 191 Å². The smallest absolute Gasteiger partial charge is 0.256 e. The number of aryl methyl sites for hydroxylation is 1. The second-order valence-electron chi connectivity index (χ2n) is 8.87. The summed E-state index contributed by atoms with van der Waals surface area (Å²) in [4.78, 5) is 18.7. The van der Waals surface area contributed by atoms with Gasteiger partial charge in [0.25, 0.3) is 5.91 Å². The number of nitrogens with zero attached hydrogens (tertiary/aromatic N) is 4. The van der Waals surface area contributed by atoms with Gasteiger partial charge in [0.05, 0.1) is 36.5 Å². The minimum absolute atomic E-state index is 0.121. The fourth-order valence-corrected chi connectivity index (χ4v) is 4.15. The number of rotatable bonds is 6. The van der Waals surface area contributed by atoms with E-state index in [9.17, 15) is 4.79 Å². The lowest BCUT2D eigenvalue weighted by Gasteiger charge is -2.20. The van der Waals surface area contributed by atoms with E-state index in [1.165, 1.54) is 6.07 Å². The average molecular weight is 445 g/mol. The summed E-state index contributed by atoms with van der Waals surface area (Å²) in [7, 11) is 1.87. The number of carbonyl (C=O) groups excluding carboxylic acids is 1. The van der Waals surface area contributed by atoms with E-state index in [1.807, 2.05) is 51.4 Å². The molecule has 0 aliphatic carbocycles. The lowest BCUT2D eigenvalue weighted by atomic mass is 10.0. The van der Waals surface area contributed by atoms with Crippen molar-refractivity contribution < 1.29 is 13.9 Å². The maximum atomic E-state index is 15.5. The molecule has 5 rings (SSSR count). The van der Waals surface area contributed by atoms with Crippen LogP contribution in [0.15, 0.2) is 54.9 Å². The first kappa shape index (κ1) is 21.1. The lowest BCUT2D eigenvalue weighted by molar-refractivity contribution is 0.0763. The summed E-state index contributed by atoms with van der Waals surface area (Å²) >= 11 is 0. The maximum Gasteiger partial charge on any atom is 0.256 e. The van der Waals surface area contributed by atoms with E-state index >= 15 is 4.39 Å². The number of pyridine rings is 1. The molecule has 0 radical (unpaired) electrons. The summed E-state index contributed by atoms with van der Waals surface area (Å²) in [6.45, 7) is 5.02. The van der Waals surface area contributed by atoms with Gasteiger partial charge in [0.2, 0.25) is 0 Å². The van der Waals surface area contributed by atoms with Crippen molar-refractivity contribution in [1.29, 1.82) is 0 Å². The number of hydrogen-bond donors (Lipinski definition) is 0. The van der Waals surface area contributed by atoms with Crippen molar-refractivity contribution in [3.8, 4) is 16.9 Å². The molecule has 4 aromatic rings. The van der Waals surface area contributed by atoms with Gasteiger partial charge in [-0.15, -0.1) is 0 Å². The Morgan fingerprint density at radius 1 is 1.15 bits per heavy atom. The average Bonchev–Trinajstić information content (AvgIpc) is 3.32. The molecule has 7 heteroatoms. The summed E-state index contributed by atoms with van der Waals surface area (Å²) in [5.41, 5.74) is 4.15. The van der Waals surface area contributed by atoms with Gasteiger partial charge >= 0.3 is 0 Å². The van der Waals surface area contributed by atoms with Crippen LogP contribution in [0.25, 0.3) is 22.0 Å². The Kier molecular flexibility index (Phi) is 5.32. The van der Waals surface area contributed by atoms with E-state index in [2.05, 4.69) is 10.1 Å². The molecule has 2 aromatic carbocycles. The van der Waals surface area contributed by atoms with Gasteiger partial charge in [0.15, 0.2) is 0 Å². The zero-order chi connectivity index (χ0) is 23.1. The molecule has 1 amide bonds. The van der Waals surface area contributed by atoms with E-state index in [4.69, 9.17) is 4.74 Å². The Morgan fingerprint density at radius 2 is 2.00 bits per heavy atom. The second-order valence-corrected chi connectivity index (χ2v) is 8.87. The first-order valence-electron chi connectivity index (χ1n) is 11.0. The van der Waals surface area contributed by atoms with Crippen molar-refractivity contribution in [3.05, 3.63) is 77.5 Å². The zero-order valence-corrected chi connectivity index (χ0v) is 18.9. The molecule has 0 saturated heterocycles. The third kappa shape index (κ3) is 4.06. The van der Waals surface area contributed by atoms with Crippen LogP contribution in [0.5, 0.6) is 5.75 Å². The SMILES string of the molecule is CC(C)COc1cc(-c2ccc3nn(C)cc3c2)cc(F)c1CN1Cc2ncccc2C1=O. The van der Waals surface area contributed by atoms with Gasteiger partial charge in [-0.1, -0.05) is 19.9 Å². The molecule has 0 saturated carbocycles. The second kappa shape index (κ2) is 8.31. The largest absolute Gasteiger partial charge is 0.493 e. The molecule has 33 heavy (non-hydrogen) atoms. The van der Waals surface area contributed by atoms with Crippen LogP contribution in [0.2, 0.25) is 0 Å². The van der Waals surface area contributed by atoms with E-state index in [1.54, 1.807) is 27.9 Å². The van der Waals surface area contributed by atoms with Crippen LogP contribution in [0.3, 0.4) is 0 Å². The van der Waals surface area contributed by atoms with Crippen molar-refractivity contribution >= 4 is 16.8 Å². The Hall–Kier alpha value is -3.74. The Bertz CT molecular complexity index is 1360. The molecule has 3 heterocycles. The number of benzene rings is 2. The fraction of sp³-hybridized carbons (Fsp3) is 0.269. The van der Waals surface area contributed by atoms with Crippen LogP contribution < -0.4 is 4.74 Å². The number of carbonyl (C=O) groups is 1. The standard InChI is InChI=1S/C26H25FN4O2/c1-16(2)15-33-25-11-18(17-6-7-23-19(9-17)12-30(3)29-23)10-22(27)21(25)13-31-14-24-20(26(31)32)5-4-8-28-24/h4-12,16H,13-15H2,1-3H3. The van der Waals surface area contributed by atoms with Gasteiger partial charge in [-0.25, -0.2) is 4.39 Å². The van der Waals surface area contributed by atoms with Crippen molar-refractivity contribution in [2.75, 3.05) is 6.61 Å². The Morgan fingerprint density at radius 3 is 2.79 bits per heavy atom. The van der Waals surface area contributed by atoms with E-state index in [0.717, 1.165) is 22.0 Å². The van der Waals surface area contributed by atoms with E-state index in [-0.39, 0.29) is 18.4 Å². The first-order chi connectivity index (χ1) is 15.9. The molecule has 0 atom stereocenters. The number of amides is 1. The third-order valence-electron chi connectivity index (χ3n) is 5.78. The van der Waals surface area contributed by atoms with Crippen LogP contribution in [0.1, 0.15) is 35.5 Å². The fourth-order valence-electron chi connectivity index (χ4n) is 4.15. The van der Waals surface area contributed by atoms with Crippen molar-refractivity contribution in [3.63, 3.8) is 0 Å². The maximum absolute atomic E-state index is 15.5. The quantitative estimate of drug-likeness (QED) is 0.422. The van der Waals surface area contributed by atoms with Crippen LogP contribution in [0.4, 0.5) is 4.39 Å². The van der Waals surface area contributed by atoms with Crippen LogP contribution in [-0.2, 0) is 20.1 Å². The molecular formula is C26H25FN4O2. The number of halogens is 1. The van der Waals surface area contributed by atoms with E-state index in [0.29, 0.717) is 35.7 Å². The highest BCUT2D eigenvalue weighted by Gasteiger charge is 2.30. The molecule has 6 nitrogen and oxygen atoms in total. The Balaban J connectivity index is 1.51. The number of ether oxygens (including phenoxy) is 1. The van der Waals surface area contributed by atoms with Gasteiger partial charge in [-0.2, -0.15) is 5.10 Å². The molecule has 168 valence electrons. The zero-order valence-electron chi connectivity index (χ0n) is 18.9. The van der Waals surface area contributed by atoms with Gasteiger partial charge < -0.3 is 9.64 Å². The van der Waals surface area contributed by atoms with Crippen LogP contribution in [-0.4, -0.2) is 32.2 Å². The monoisotopic (exact) mass is 444 g/mol. The highest BCUT2D eigenvalue weighted by molar-refractivity contribution is 5.97. The van der Waals surface area contributed by atoms with Crippen LogP contribution >= 0.6 is 0 Å². The molecular weight excluding hydrogens is 419 g/mol. The summed E-state index contributed by atoms with van der Waals surface area (Å²) in [6.07, 6.45) is 3.60. The van der Waals surface area contributed by atoms with Gasteiger partial charge in [0, 0.05) is 30.4 Å². The first-order valence-corrected chi connectivity index (χ1v) is 11.0. The van der Waals surface area contributed by atoms with Gasteiger partial charge in [0.1, 0.15) is 11.6 Å². The molecule has 1 aliphatic rings. The summed E-state index contributed by atoms with van der Waals surface area (Å²) in [5, 5.41) is 5.39. The molecule has 0 bridgehead atoms. The molecule has 1 aliphatic heterocycles. The summed E-state index contributed by atoms with van der Waals surface area (Å²) in [6, 6.07) is 12.7. The van der Waals surface area contributed by atoms with Crippen molar-refractivity contribution in [2.24, 2.45) is 13.0 Å². The van der Waals surface area contributed by atoms with Crippen LogP contribution in [0, 0.1) is 11.7 Å². The number of aromatic nitrogens is 3. The molecule has 0 unspecified atom stereocenters. The molecule has 0 fully saturated rings. The normalized spacial score (nSPS) is 13.2. The summed E-state index contributed by atoms with van der Waals surface area (Å²) < 4.78 is 23.3. The van der Waals surface area contributed by atoms with E-state index < -0.39 is 5.82 Å². The van der Waals surface area contributed by atoms with Crippen molar-refractivity contribution in [1.82, 2.24) is 19.7 Å². The molecule has 0 spiro atoms.